The second-order valence-corrected chi connectivity index (χ2v) is 9.07. The monoisotopic (exact) mass is 450 g/mol. The zero-order chi connectivity index (χ0) is 23.4. The average molecular weight is 451 g/mol. The van der Waals surface area contributed by atoms with Crippen molar-refractivity contribution in [2.24, 2.45) is 0 Å². The van der Waals surface area contributed by atoms with Gasteiger partial charge in [-0.05, 0) is 42.0 Å². The average Bonchev–Trinajstić information content (AvgIpc) is 3.12. The lowest BCUT2D eigenvalue weighted by atomic mass is 9.81. The third kappa shape index (κ3) is 4.87. The van der Waals surface area contributed by atoms with E-state index in [0.717, 1.165) is 41.5 Å². The number of ether oxygens (including phenoxy) is 1. The molecule has 2 aromatic carbocycles. The number of alkyl carbamates (subject to hydrolysis) is 1. The minimum atomic E-state index is -1.20. The Balaban J connectivity index is 1.30. The van der Waals surface area contributed by atoms with E-state index < -0.39 is 23.6 Å². The molecule has 0 heterocycles. The van der Waals surface area contributed by atoms with Crippen LogP contribution in [0.4, 0.5) is 4.79 Å². The first-order chi connectivity index (χ1) is 15.9. The first kappa shape index (κ1) is 22.8. The van der Waals surface area contributed by atoms with E-state index >= 15 is 0 Å². The molecular weight excluding hydrogens is 420 g/mol. The predicted molar refractivity (Wildman–Crippen MR) is 124 cm³/mol. The number of hydrogen-bond donors (Lipinski definition) is 3. The molecule has 1 saturated carbocycles. The number of carboxylic acids is 1. The summed E-state index contributed by atoms with van der Waals surface area (Å²) in [6, 6.07) is 15.7. The Hall–Kier alpha value is -3.35. The minimum Gasteiger partial charge on any atom is -0.480 e. The molecule has 1 fully saturated rings. The van der Waals surface area contributed by atoms with E-state index in [1.165, 1.54) is 0 Å². The smallest absolute Gasteiger partial charge is 0.407 e. The summed E-state index contributed by atoms with van der Waals surface area (Å²) in [6.07, 6.45) is 2.79. The van der Waals surface area contributed by atoms with Gasteiger partial charge in [0, 0.05) is 18.4 Å². The van der Waals surface area contributed by atoms with Crippen molar-refractivity contribution in [3.05, 3.63) is 59.7 Å². The minimum absolute atomic E-state index is 0.0147. The third-order valence-corrected chi connectivity index (χ3v) is 6.69. The van der Waals surface area contributed by atoms with Crippen LogP contribution in [0.1, 0.15) is 62.5 Å². The van der Waals surface area contributed by atoms with Gasteiger partial charge in [-0.3, -0.25) is 4.79 Å². The Morgan fingerprint density at radius 2 is 1.58 bits per heavy atom. The molecule has 1 atom stereocenters. The van der Waals surface area contributed by atoms with Gasteiger partial charge < -0.3 is 20.5 Å². The van der Waals surface area contributed by atoms with Gasteiger partial charge in [0.1, 0.15) is 12.1 Å². The number of nitrogens with one attached hydrogen (secondary N) is 2. The number of amides is 2. The molecule has 3 N–H and O–H groups in total. The molecule has 4 rings (SSSR count). The van der Waals surface area contributed by atoms with Gasteiger partial charge in [0.15, 0.2) is 0 Å². The Bertz CT molecular complexity index is 999. The van der Waals surface area contributed by atoms with Crippen LogP contribution in [0.3, 0.4) is 0 Å². The quantitative estimate of drug-likeness (QED) is 0.586. The molecule has 7 nitrogen and oxygen atoms in total. The standard InChI is InChI=1S/C26H30N2O5/c1-17(15-23(29)28-26(24(30)31)13-7-2-8-14-26)27-25(32)33-16-22-20-11-5-3-9-18(20)19-10-4-6-12-21(19)22/h3-6,9-12,17,22H,2,7-8,13-16H2,1H3,(H,27,32)(H,28,29)(H,30,31)/t17-/m1/s1. The molecule has 0 unspecified atom stereocenters. The van der Waals surface area contributed by atoms with Crippen LogP contribution in [-0.2, 0) is 14.3 Å². The van der Waals surface area contributed by atoms with E-state index in [1.807, 2.05) is 24.3 Å². The maximum absolute atomic E-state index is 12.5. The van der Waals surface area contributed by atoms with E-state index in [4.69, 9.17) is 4.74 Å². The van der Waals surface area contributed by atoms with Crippen molar-refractivity contribution in [3.8, 4) is 11.1 Å². The fraction of sp³-hybridized carbons (Fsp3) is 0.423. The molecule has 0 bridgehead atoms. The van der Waals surface area contributed by atoms with Crippen molar-refractivity contribution in [1.29, 1.82) is 0 Å². The van der Waals surface area contributed by atoms with Gasteiger partial charge in [-0.25, -0.2) is 9.59 Å². The van der Waals surface area contributed by atoms with E-state index in [-0.39, 0.29) is 24.9 Å². The molecule has 33 heavy (non-hydrogen) atoms. The number of carboxylic acid groups (broad SMARTS) is 1. The van der Waals surface area contributed by atoms with Crippen molar-refractivity contribution in [3.63, 3.8) is 0 Å². The zero-order valence-corrected chi connectivity index (χ0v) is 18.8. The summed E-state index contributed by atoms with van der Waals surface area (Å²) in [4.78, 5) is 36.7. The Labute approximate surface area is 193 Å². The SMILES string of the molecule is C[C@H](CC(=O)NC1(C(=O)O)CCCCC1)NC(=O)OCC1c2ccccc2-c2ccccc21. The highest BCUT2D eigenvalue weighted by Crippen LogP contribution is 2.44. The molecule has 7 heteroatoms. The fourth-order valence-electron chi connectivity index (χ4n) is 5.04. The van der Waals surface area contributed by atoms with Crippen LogP contribution in [0.25, 0.3) is 11.1 Å². The molecule has 0 saturated heterocycles. The number of rotatable bonds is 7. The van der Waals surface area contributed by atoms with E-state index in [1.54, 1.807) is 6.92 Å². The topological polar surface area (TPSA) is 105 Å². The van der Waals surface area contributed by atoms with Crippen LogP contribution in [0.2, 0.25) is 0 Å². The molecule has 0 aliphatic heterocycles. The fourth-order valence-corrected chi connectivity index (χ4v) is 5.04. The molecule has 0 radical (unpaired) electrons. The number of hydrogen-bond acceptors (Lipinski definition) is 4. The highest BCUT2D eigenvalue weighted by atomic mass is 16.5. The third-order valence-electron chi connectivity index (χ3n) is 6.69. The van der Waals surface area contributed by atoms with Crippen molar-refractivity contribution in [2.45, 2.75) is 62.9 Å². The van der Waals surface area contributed by atoms with Gasteiger partial charge in [0.25, 0.3) is 0 Å². The summed E-state index contributed by atoms with van der Waals surface area (Å²) in [7, 11) is 0. The van der Waals surface area contributed by atoms with Gasteiger partial charge in [-0.15, -0.1) is 0 Å². The molecule has 174 valence electrons. The van der Waals surface area contributed by atoms with Crippen molar-refractivity contribution in [2.75, 3.05) is 6.61 Å². The number of carbonyl (C=O) groups is 3. The number of aliphatic carboxylic acids is 1. The molecule has 2 amide bonds. The lowest BCUT2D eigenvalue weighted by Gasteiger charge is -2.34. The van der Waals surface area contributed by atoms with E-state index in [9.17, 15) is 19.5 Å². The lowest BCUT2D eigenvalue weighted by molar-refractivity contribution is -0.149. The molecule has 0 aromatic heterocycles. The molecule has 2 aliphatic carbocycles. The Morgan fingerprint density at radius 3 is 2.15 bits per heavy atom. The number of carbonyl (C=O) groups excluding carboxylic acids is 2. The summed E-state index contributed by atoms with van der Waals surface area (Å²) in [5.41, 5.74) is 3.37. The summed E-state index contributed by atoms with van der Waals surface area (Å²) in [5, 5.41) is 15.0. The zero-order valence-electron chi connectivity index (χ0n) is 18.8. The van der Waals surface area contributed by atoms with Crippen LogP contribution in [0.5, 0.6) is 0 Å². The van der Waals surface area contributed by atoms with Crippen molar-refractivity contribution in [1.82, 2.24) is 10.6 Å². The normalized spacial score (nSPS) is 17.4. The second-order valence-electron chi connectivity index (χ2n) is 9.07. The number of fused-ring (bicyclic) bond motifs is 3. The summed E-state index contributed by atoms with van der Waals surface area (Å²) >= 11 is 0. The summed E-state index contributed by atoms with van der Waals surface area (Å²) in [6.45, 7) is 1.90. The van der Waals surface area contributed by atoms with Crippen molar-refractivity contribution < 1.29 is 24.2 Å². The second kappa shape index (κ2) is 9.65. The lowest BCUT2D eigenvalue weighted by Crippen LogP contribution is -2.56. The first-order valence-electron chi connectivity index (χ1n) is 11.6. The highest BCUT2D eigenvalue weighted by molar-refractivity contribution is 5.87. The van der Waals surface area contributed by atoms with E-state index in [0.29, 0.717) is 12.8 Å². The largest absolute Gasteiger partial charge is 0.480 e. The Morgan fingerprint density at radius 1 is 1.00 bits per heavy atom. The Kier molecular flexibility index (Phi) is 6.67. The van der Waals surface area contributed by atoms with Gasteiger partial charge in [0.05, 0.1) is 0 Å². The van der Waals surface area contributed by atoms with E-state index in [2.05, 4.69) is 34.9 Å². The van der Waals surface area contributed by atoms with Gasteiger partial charge in [-0.1, -0.05) is 67.8 Å². The van der Waals surface area contributed by atoms with Crippen LogP contribution < -0.4 is 10.6 Å². The highest BCUT2D eigenvalue weighted by Gasteiger charge is 2.41. The molecule has 2 aliphatic rings. The number of benzene rings is 2. The van der Waals surface area contributed by atoms with Crippen LogP contribution in [-0.4, -0.2) is 41.3 Å². The predicted octanol–water partition coefficient (Wildman–Crippen LogP) is 4.21. The summed E-state index contributed by atoms with van der Waals surface area (Å²) < 4.78 is 5.52. The summed E-state index contributed by atoms with van der Waals surface area (Å²) in [5.74, 6) is -1.41. The maximum Gasteiger partial charge on any atom is 0.407 e. The van der Waals surface area contributed by atoms with Gasteiger partial charge in [-0.2, -0.15) is 0 Å². The first-order valence-corrected chi connectivity index (χ1v) is 11.6. The van der Waals surface area contributed by atoms with Crippen LogP contribution in [0.15, 0.2) is 48.5 Å². The molecule has 2 aromatic rings. The van der Waals surface area contributed by atoms with Gasteiger partial charge in [0.2, 0.25) is 5.91 Å². The van der Waals surface area contributed by atoms with Gasteiger partial charge >= 0.3 is 12.1 Å². The maximum atomic E-state index is 12.5. The molecule has 0 spiro atoms. The van der Waals surface area contributed by atoms with Crippen LogP contribution in [0, 0.1) is 0 Å². The van der Waals surface area contributed by atoms with Crippen molar-refractivity contribution >= 4 is 18.0 Å². The molecular formula is C26H30N2O5. The van der Waals surface area contributed by atoms with Crippen LogP contribution >= 0.6 is 0 Å².